The van der Waals surface area contributed by atoms with Gasteiger partial charge < -0.3 is 5.11 Å². The molecule has 0 fully saturated rings. The van der Waals surface area contributed by atoms with Gasteiger partial charge in [0.05, 0.1) is 0 Å². The Kier molecular flexibility index (Phi) is 2.87. The summed E-state index contributed by atoms with van der Waals surface area (Å²) in [5, 5.41) is 8.64. The third kappa shape index (κ3) is 2.20. The molecule has 1 nitrogen and oxygen atoms in total. The molecule has 1 aromatic carbocycles. The van der Waals surface area contributed by atoms with Crippen LogP contribution in [-0.4, -0.2) is 11.7 Å². The first-order valence-corrected chi connectivity index (χ1v) is 3.68. The molecule has 0 bridgehead atoms. The molecular formula is C10H12O. The zero-order chi connectivity index (χ0) is 8.10. The van der Waals surface area contributed by atoms with Crippen molar-refractivity contribution in [3.8, 4) is 0 Å². The van der Waals surface area contributed by atoms with E-state index in [0.717, 1.165) is 11.1 Å². The fourth-order valence-electron chi connectivity index (χ4n) is 0.953. The lowest BCUT2D eigenvalue weighted by atomic mass is 10.1. The molecule has 1 aromatic rings. The smallest absolute Gasteiger partial charge is 0.0471 e. The van der Waals surface area contributed by atoms with Gasteiger partial charge in [-0.05, 0) is 17.6 Å². The van der Waals surface area contributed by atoms with Gasteiger partial charge in [0.25, 0.3) is 0 Å². The molecule has 0 amide bonds. The molecule has 11 heavy (non-hydrogen) atoms. The molecule has 1 N–H and O–H groups in total. The van der Waals surface area contributed by atoms with E-state index in [2.05, 4.69) is 6.58 Å². The van der Waals surface area contributed by atoms with Gasteiger partial charge in [0.1, 0.15) is 0 Å². The van der Waals surface area contributed by atoms with Gasteiger partial charge in [0, 0.05) is 6.61 Å². The van der Waals surface area contributed by atoms with Gasteiger partial charge in [-0.25, -0.2) is 0 Å². The lowest BCUT2D eigenvalue weighted by Gasteiger charge is -2.01. The predicted molar refractivity (Wildman–Crippen MR) is 47.2 cm³/mol. The molecule has 0 aliphatic heterocycles. The monoisotopic (exact) mass is 148 g/mol. The Labute approximate surface area is 67.0 Å². The highest BCUT2D eigenvalue weighted by Crippen LogP contribution is 2.13. The van der Waals surface area contributed by atoms with Crippen LogP contribution in [0.5, 0.6) is 0 Å². The largest absolute Gasteiger partial charge is 0.396 e. The fraction of sp³-hybridized carbons (Fsp3) is 0.200. The lowest BCUT2D eigenvalue weighted by Crippen LogP contribution is -1.86. The van der Waals surface area contributed by atoms with E-state index < -0.39 is 0 Å². The van der Waals surface area contributed by atoms with Crippen molar-refractivity contribution in [1.29, 1.82) is 0 Å². The van der Waals surface area contributed by atoms with Crippen molar-refractivity contribution in [2.24, 2.45) is 0 Å². The summed E-state index contributed by atoms with van der Waals surface area (Å²) in [4.78, 5) is 0. The number of benzene rings is 1. The number of hydrogen-bond acceptors (Lipinski definition) is 1. The highest BCUT2D eigenvalue weighted by molar-refractivity contribution is 5.62. The third-order valence-electron chi connectivity index (χ3n) is 1.60. The van der Waals surface area contributed by atoms with Crippen LogP contribution in [0.3, 0.4) is 0 Å². The van der Waals surface area contributed by atoms with E-state index in [-0.39, 0.29) is 6.61 Å². The minimum absolute atomic E-state index is 0.174. The van der Waals surface area contributed by atoms with Gasteiger partial charge in [-0.15, -0.1) is 0 Å². The Morgan fingerprint density at radius 3 is 2.45 bits per heavy atom. The van der Waals surface area contributed by atoms with Crippen molar-refractivity contribution in [2.45, 2.75) is 6.42 Å². The van der Waals surface area contributed by atoms with Crippen LogP contribution in [0.4, 0.5) is 0 Å². The summed E-state index contributed by atoms with van der Waals surface area (Å²) in [6.07, 6.45) is 0.657. The summed E-state index contributed by atoms with van der Waals surface area (Å²) in [5.41, 5.74) is 2.11. The number of aliphatic hydroxyl groups is 1. The van der Waals surface area contributed by atoms with E-state index in [1.165, 1.54) is 0 Å². The van der Waals surface area contributed by atoms with Gasteiger partial charge in [-0.1, -0.05) is 36.9 Å². The molecule has 1 heteroatoms. The van der Waals surface area contributed by atoms with E-state index in [4.69, 9.17) is 5.11 Å². The number of aliphatic hydroxyl groups excluding tert-OH is 1. The predicted octanol–water partition coefficient (Wildman–Crippen LogP) is 2.08. The maximum Gasteiger partial charge on any atom is 0.0471 e. The van der Waals surface area contributed by atoms with E-state index in [1.807, 2.05) is 30.3 Å². The Balaban J connectivity index is 2.69. The quantitative estimate of drug-likeness (QED) is 0.695. The number of hydrogen-bond donors (Lipinski definition) is 1. The zero-order valence-corrected chi connectivity index (χ0v) is 6.46. The van der Waals surface area contributed by atoms with Crippen molar-refractivity contribution >= 4 is 5.57 Å². The normalized spacial score (nSPS) is 9.55. The molecule has 0 saturated heterocycles. The average molecular weight is 148 g/mol. The standard InChI is InChI=1S/C10H12O/c1-9(7-8-11)10-5-3-2-4-6-10/h2-6,11H,1,7-8H2. The third-order valence-corrected chi connectivity index (χ3v) is 1.60. The van der Waals surface area contributed by atoms with Crippen molar-refractivity contribution < 1.29 is 5.11 Å². The van der Waals surface area contributed by atoms with Crippen LogP contribution < -0.4 is 0 Å². The second-order valence-corrected chi connectivity index (χ2v) is 2.44. The maximum atomic E-state index is 8.64. The second kappa shape index (κ2) is 3.94. The molecule has 0 spiro atoms. The van der Waals surface area contributed by atoms with Crippen LogP contribution in [0.2, 0.25) is 0 Å². The molecule has 0 saturated carbocycles. The second-order valence-electron chi connectivity index (χ2n) is 2.44. The van der Waals surface area contributed by atoms with Gasteiger partial charge in [0.2, 0.25) is 0 Å². The molecular weight excluding hydrogens is 136 g/mol. The van der Waals surface area contributed by atoms with Crippen LogP contribution >= 0.6 is 0 Å². The highest BCUT2D eigenvalue weighted by atomic mass is 16.2. The molecule has 0 aliphatic carbocycles. The van der Waals surface area contributed by atoms with Gasteiger partial charge >= 0.3 is 0 Å². The summed E-state index contributed by atoms with van der Waals surface area (Å²) in [7, 11) is 0. The van der Waals surface area contributed by atoms with E-state index in [9.17, 15) is 0 Å². The van der Waals surface area contributed by atoms with Crippen LogP contribution in [-0.2, 0) is 0 Å². The molecule has 0 unspecified atom stereocenters. The average Bonchev–Trinajstić information content (AvgIpc) is 2.07. The fourth-order valence-corrected chi connectivity index (χ4v) is 0.953. The Hall–Kier alpha value is -1.08. The minimum atomic E-state index is 0.174. The molecule has 0 heterocycles. The van der Waals surface area contributed by atoms with Crippen molar-refractivity contribution in [1.82, 2.24) is 0 Å². The molecule has 1 rings (SSSR count). The molecule has 0 aliphatic rings. The topological polar surface area (TPSA) is 20.2 Å². The molecule has 0 aromatic heterocycles. The minimum Gasteiger partial charge on any atom is -0.396 e. The first kappa shape index (κ1) is 8.02. The highest BCUT2D eigenvalue weighted by Gasteiger charge is 1.94. The van der Waals surface area contributed by atoms with Crippen LogP contribution in [0.15, 0.2) is 36.9 Å². The molecule has 0 atom stereocenters. The zero-order valence-electron chi connectivity index (χ0n) is 6.46. The number of rotatable bonds is 3. The first-order valence-electron chi connectivity index (χ1n) is 3.68. The Morgan fingerprint density at radius 2 is 1.91 bits per heavy atom. The summed E-state index contributed by atoms with van der Waals surface area (Å²) in [6.45, 7) is 4.03. The summed E-state index contributed by atoms with van der Waals surface area (Å²) in [6, 6.07) is 9.90. The Morgan fingerprint density at radius 1 is 1.27 bits per heavy atom. The summed E-state index contributed by atoms with van der Waals surface area (Å²) < 4.78 is 0. The van der Waals surface area contributed by atoms with Crippen LogP contribution in [0.1, 0.15) is 12.0 Å². The van der Waals surface area contributed by atoms with Gasteiger partial charge in [-0.3, -0.25) is 0 Å². The van der Waals surface area contributed by atoms with E-state index >= 15 is 0 Å². The molecule has 0 radical (unpaired) electrons. The van der Waals surface area contributed by atoms with Gasteiger partial charge in [0.15, 0.2) is 0 Å². The lowest BCUT2D eigenvalue weighted by molar-refractivity contribution is 0.305. The summed E-state index contributed by atoms with van der Waals surface area (Å²) in [5.74, 6) is 0. The van der Waals surface area contributed by atoms with Crippen molar-refractivity contribution in [3.05, 3.63) is 42.5 Å². The van der Waals surface area contributed by atoms with Crippen LogP contribution in [0, 0.1) is 0 Å². The van der Waals surface area contributed by atoms with Crippen molar-refractivity contribution in [3.63, 3.8) is 0 Å². The maximum absolute atomic E-state index is 8.64. The summed E-state index contributed by atoms with van der Waals surface area (Å²) >= 11 is 0. The van der Waals surface area contributed by atoms with Crippen molar-refractivity contribution in [2.75, 3.05) is 6.61 Å². The van der Waals surface area contributed by atoms with E-state index in [1.54, 1.807) is 0 Å². The first-order chi connectivity index (χ1) is 5.34. The SMILES string of the molecule is C=C(CCO)c1ccccc1. The Bertz CT molecular complexity index is 226. The van der Waals surface area contributed by atoms with Crippen LogP contribution in [0.25, 0.3) is 5.57 Å². The van der Waals surface area contributed by atoms with Gasteiger partial charge in [-0.2, -0.15) is 0 Å². The molecule has 58 valence electrons. The van der Waals surface area contributed by atoms with E-state index in [0.29, 0.717) is 6.42 Å².